The van der Waals surface area contributed by atoms with E-state index in [9.17, 15) is 9.90 Å². The average Bonchev–Trinajstić information content (AvgIpc) is 1.85. The highest BCUT2D eigenvalue weighted by atomic mass is 16.4. The molecule has 0 bridgehead atoms. The van der Waals surface area contributed by atoms with E-state index in [0.29, 0.717) is 0 Å². The van der Waals surface area contributed by atoms with Crippen molar-refractivity contribution in [2.75, 3.05) is 0 Å². The molecular weight excluding hydrogens is 130 g/mol. The summed E-state index contributed by atoms with van der Waals surface area (Å²) >= 11 is 0. The molecule has 0 unspecified atom stereocenters. The van der Waals surface area contributed by atoms with E-state index in [2.05, 4.69) is 6.58 Å². The molecule has 0 aromatic carbocycles. The van der Waals surface area contributed by atoms with Gasteiger partial charge in [-0.25, -0.2) is 0 Å². The van der Waals surface area contributed by atoms with E-state index >= 15 is 0 Å². The van der Waals surface area contributed by atoms with Gasteiger partial charge in [0, 0.05) is 0 Å². The summed E-state index contributed by atoms with van der Waals surface area (Å²) in [7, 11) is 0. The van der Waals surface area contributed by atoms with Crippen LogP contribution in [0.5, 0.6) is 0 Å². The Morgan fingerprint density at radius 3 is 2.20 bits per heavy atom. The lowest BCUT2D eigenvalue weighted by Crippen LogP contribution is -2.57. The summed E-state index contributed by atoms with van der Waals surface area (Å²) in [4.78, 5) is 10.4. The number of carbonyl (C=O) groups is 1. The molecule has 0 rings (SSSR count). The van der Waals surface area contributed by atoms with Crippen molar-refractivity contribution in [2.24, 2.45) is 11.7 Å². The van der Waals surface area contributed by atoms with Crippen molar-refractivity contribution in [3.63, 3.8) is 0 Å². The summed E-state index contributed by atoms with van der Waals surface area (Å²) < 4.78 is 0. The lowest BCUT2D eigenvalue weighted by Gasteiger charge is -2.30. The normalized spacial score (nSPS) is 16.4. The van der Waals surface area contributed by atoms with Gasteiger partial charge in [-0.2, -0.15) is 0 Å². The molecule has 0 aliphatic rings. The summed E-state index contributed by atoms with van der Waals surface area (Å²) in [5.41, 5.74) is 4.01. The number of aliphatic carboxylic acids is 1. The number of carboxylic acid groups (broad SMARTS) is 1. The maximum atomic E-state index is 10.4. The molecule has 0 fully saturated rings. The van der Waals surface area contributed by atoms with Gasteiger partial charge in [0.1, 0.15) is 0 Å². The number of carbonyl (C=O) groups excluding carboxylic acids is 1. The molecule has 0 heterocycles. The Bertz CT molecular complexity index is 154. The molecule has 0 amide bonds. The van der Waals surface area contributed by atoms with E-state index in [0.717, 1.165) is 0 Å². The first kappa shape index (κ1) is 9.17. The number of nitrogens with two attached hydrogens (primary N) is 1. The third-order valence-electron chi connectivity index (χ3n) is 1.65. The Morgan fingerprint density at radius 1 is 1.80 bits per heavy atom. The third-order valence-corrected chi connectivity index (χ3v) is 1.65. The summed E-state index contributed by atoms with van der Waals surface area (Å²) in [5, 5.41) is 10.4. The molecule has 3 nitrogen and oxygen atoms in total. The van der Waals surface area contributed by atoms with Crippen molar-refractivity contribution in [1.82, 2.24) is 0 Å². The molecule has 1 atom stereocenters. The highest BCUT2D eigenvalue weighted by Crippen LogP contribution is 2.13. The third kappa shape index (κ3) is 1.36. The lowest BCUT2D eigenvalue weighted by atomic mass is 9.88. The van der Waals surface area contributed by atoms with Crippen molar-refractivity contribution in [3.8, 4) is 0 Å². The summed E-state index contributed by atoms with van der Waals surface area (Å²) in [6.45, 7) is 6.74. The van der Waals surface area contributed by atoms with Gasteiger partial charge in [0.15, 0.2) is 0 Å². The zero-order chi connectivity index (χ0) is 8.36. The van der Waals surface area contributed by atoms with Gasteiger partial charge in [0.25, 0.3) is 0 Å². The monoisotopic (exact) mass is 142 g/mol. The van der Waals surface area contributed by atoms with Crippen LogP contribution in [-0.4, -0.2) is 11.5 Å². The SMILES string of the molecule is C=C[C@@](N)(C(=O)[O-])C(C)C. The molecule has 3 heteroatoms. The molecule has 2 N–H and O–H groups in total. The zero-order valence-electron chi connectivity index (χ0n) is 6.26. The van der Waals surface area contributed by atoms with Crippen LogP contribution >= 0.6 is 0 Å². The van der Waals surface area contributed by atoms with E-state index in [1.165, 1.54) is 6.08 Å². The van der Waals surface area contributed by atoms with Crippen LogP contribution in [-0.2, 0) is 4.79 Å². The van der Waals surface area contributed by atoms with Gasteiger partial charge in [0.05, 0.1) is 11.5 Å². The van der Waals surface area contributed by atoms with Crippen LogP contribution in [0.15, 0.2) is 12.7 Å². The van der Waals surface area contributed by atoms with E-state index in [-0.39, 0.29) is 5.92 Å². The Kier molecular flexibility index (Phi) is 2.60. The van der Waals surface area contributed by atoms with Gasteiger partial charge in [-0.15, -0.1) is 6.58 Å². The molecule has 0 aliphatic heterocycles. The van der Waals surface area contributed by atoms with Gasteiger partial charge >= 0.3 is 0 Å². The predicted molar refractivity (Wildman–Crippen MR) is 37.0 cm³/mol. The highest BCUT2D eigenvalue weighted by molar-refractivity contribution is 5.79. The summed E-state index contributed by atoms with van der Waals surface area (Å²) in [5.74, 6) is -1.48. The number of carboxylic acids is 1. The van der Waals surface area contributed by atoms with Crippen LogP contribution in [0.1, 0.15) is 13.8 Å². The van der Waals surface area contributed by atoms with Gasteiger partial charge < -0.3 is 15.6 Å². The van der Waals surface area contributed by atoms with Crippen molar-refractivity contribution >= 4 is 5.97 Å². The van der Waals surface area contributed by atoms with Crippen molar-refractivity contribution in [3.05, 3.63) is 12.7 Å². The molecule has 0 aromatic rings. The standard InChI is InChI=1S/C7H13NO2/c1-4-7(8,5(2)3)6(9)10/h4-5H,1,8H2,2-3H3,(H,9,10)/p-1/t7-/m0/s1. The minimum absolute atomic E-state index is 0.199. The average molecular weight is 142 g/mol. The maximum absolute atomic E-state index is 10.4. The van der Waals surface area contributed by atoms with Crippen LogP contribution < -0.4 is 10.8 Å². The molecule has 0 aromatic heterocycles. The quantitative estimate of drug-likeness (QED) is 0.528. The number of hydrogen-bond donors (Lipinski definition) is 1. The summed E-state index contributed by atoms with van der Waals surface area (Å²) in [6, 6.07) is 0. The Morgan fingerprint density at radius 2 is 2.20 bits per heavy atom. The molecule has 0 saturated heterocycles. The van der Waals surface area contributed by atoms with Crippen LogP contribution in [0.4, 0.5) is 0 Å². The molecule has 10 heavy (non-hydrogen) atoms. The van der Waals surface area contributed by atoms with E-state index in [4.69, 9.17) is 5.73 Å². The largest absolute Gasteiger partial charge is 0.548 e. The Labute approximate surface area is 60.5 Å². The minimum atomic E-state index is -1.39. The van der Waals surface area contributed by atoms with E-state index in [1.54, 1.807) is 13.8 Å². The molecule has 0 spiro atoms. The number of rotatable bonds is 3. The van der Waals surface area contributed by atoms with Gasteiger partial charge in [0.2, 0.25) is 0 Å². The fourth-order valence-corrected chi connectivity index (χ4v) is 0.555. The lowest BCUT2D eigenvalue weighted by molar-refractivity contribution is -0.312. The first-order valence-electron chi connectivity index (χ1n) is 3.09. The first-order chi connectivity index (χ1) is 4.45. The van der Waals surface area contributed by atoms with E-state index < -0.39 is 11.5 Å². The second-order valence-corrected chi connectivity index (χ2v) is 2.58. The van der Waals surface area contributed by atoms with Crippen molar-refractivity contribution < 1.29 is 9.90 Å². The maximum Gasteiger partial charge on any atom is 0.0762 e. The Hall–Kier alpha value is -0.830. The smallest absolute Gasteiger partial charge is 0.0762 e. The molecule has 0 aliphatic carbocycles. The minimum Gasteiger partial charge on any atom is -0.548 e. The van der Waals surface area contributed by atoms with Crippen LogP contribution in [0.25, 0.3) is 0 Å². The van der Waals surface area contributed by atoms with Crippen molar-refractivity contribution in [2.45, 2.75) is 19.4 Å². The topological polar surface area (TPSA) is 66.2 Å². The van der Waals surface area contributed by atoms with Crippen LogP contribution in [0.2, 0.25) is 0 Å². The summed E-state index contributed by atoms with van der Waals surface area (Å²) in [6.07, 6.45) is 1.20. The first-order valence-corrected chi connectivity index (χ1v) is 3.09. The molecule has 0 radical (unpaired) electrons. The van der Waals surface area contributed by atoms with Crippen LogP contribution in [0.3, 0.4) is 0 Å². The fraction of sp³-hybridized carbons (Fsp3) is 0.571. The fourth-order valence-electron chi connectivity index (χ4n) is 0.555. The van der Waals surface area contributed by atoms with Crippen molar-refractivity contribution in [1.29, 1.82) is 0 Å². The molecule has 58 valence electrons. The second-order valence-electron chi connectivity index (χ2n) is 2.58. The van der Waals surface area contributed by atoms with Gasteiger partial charge in [-0.1, -0.05) is 19.9 Å². The Balaban J connectivity index is 4.54. The highest BCUT2D eigenvalue weighted by Gasteiger charge is 2.26. The predicted octanol–water partition coefficient (Wildman–Crippen LogP) is -0.724. The van der Waals surface area contributed by atoms with E-state index in [1.807, 2.05) is 0 Å². The number of hydrogen-bond acceptors (Lipinski definition) is 3. The van der Waals surface area contributed by atoms with Gasteiger partial charge in [-0.3, -0.25) is 0 Å². The second kappa shape index (κ2) is 2.84. The molecule has 0 saturated carbocycles. The van der Waals surface area contributed by atoms with Crippen LogP contribution in [0, 0.1) is 5.92 Å². The zero-order valence-corrected chi connectivity index (χ0v) is 6.26. The van der Waals surface area contributed by atoms with Gasteiger partial charge in [-0.05, 0) is 5.92 Å². The molecular formula is C7H12NO2-.